The summed E-state index contributed by atoms with van der Waals surface area (Å²) >= 11 is 0. The highest BCUT2D eigenvalue weighted by Gasteiger charge is 2.41. The molecule has 1 saturated heterocycles. The molecule has 0 radical (unpaired) electrons. The molecule has 6 heteroatoms. The molecule has 0 aromatic heterocycles. The molecule has 0 aromatic rings. The molecule has 1 heterocycles. The van der Waals surface area contributed by atoms with Crippen molar-refractivity contribution in [2.75, 3.05) is 19.6 Å². The number of hydrogen-bond donors (Lipinski definition) is 3. The van der Waals surface area contributed by atoms with Crippen molar-refractivity contribution in [1.82, 2.24) is 15.8 Å². The minimum atomic E-state index is -0.285. The summed E-state index contributed by atoms with van der Waals surface area (Å²) in [6.07, 6.45) is 1.74. The van der Waals surface area contributed by atoms with Crippen LogP contribution in [0.3, 0.4) is 0 Å². The van der Waals surface area contributed by atoms with Crippen molar-refractivity contribution < 1.29 is 14.7 Å². The van der Waals surface area contributed by atoms with Crippen LogP contribution in [0.5, 0.6) is 0 Å². The van der Waals surface area contributed by atoms with Crippen LogP contribution in [0, 0.1) is 11.8 Å². The summed E-state index contributed by atoms with van der Waals surface area (Å²) in [6.45, 7) is 3.27. The van der Waals surface area contributed by atoms with Crippen LogP contribution < -0.4 is 10.9 Å². The van der Waals surface area contributed by atoms with Gasteiger partial charge in [0.2, 0.25) is 5.91 Å². The lowest BCUT2D eigenvalue weighted by Gasteiger charge is -2.17. The van der Waals surface area contributed by atoms with Crippen molar-refractivity contribution in [3.8, 4) is 0 Å². The van der Waals surface area contributed by atoms with E-state index in [0.29, 0.717) is 11.8 Å². The Morgan fingerprint density at radius 3 is 2.71 bits per heavy atom. The minimum absolute atomic E-state index is 0.205. The predicted octanol–water partition coefficient (Wildman–Crippen LogP) is -1.14. The zero-order chi connectivity index (χ0) is 12.4. The number of carbonyl (C=O) groups excluding carboxylic acids is 2. The normalized spacial score (nSPS) is 32.2. The third kappa shape index (κ3) is 2.95. The Bertz CT molecular complexity index is 321. The maximum Gasteiger partial charge on any atom is 0.252 e. The molecule has 2 amide bonds. The summed E-state index contributed by atoms with van der Waals surface area (Å²) in [5.74, 6) is 0.351. The quantitative estimate of drug-likeness (QED) is 0.534. The Kier molecular flexibility index (Phi) is 3.63. The van der Waals surface area contributed by atoms with E-state index in [1.807, 2.05) is 4.90 Å². The molecule has 0 bridgehead atoms. The van der Waals surface area contributed by atoms with Crippen LogP contribution in [0.4, 0.5) is 0 Å². The summed E-state index contributed by atoms with van der Waals surface area (Å²) < 4.78 is 0. The second kappa shape index (κ2) is 5.01. The number of fused-ring (bicyclic) bond motifs is 1. The molecular weight excluding hydrogens is 222 g/mol. The second-order valence-electron chi connectivity index (χ2n) is 4.99. The van der Waals surface area contributed by atoms with Crippen LogP contribution in [-0.2, 0) is 9.59 Å². The monoisotopic (exact) mass is 241 g/mol. The fourth-order valence-corrected chi connectivity index (χ4v) is 2.86. The standard InChI is InChI=1S/C11H19N3O3/c1-7(15)12-13-11(17)6-14-4-8-2-3-10(16)9(8)5-14/h8-10,16H,2-6H2,1H3,(H,12,15)(H,13,17). The maximum absolute atomic E-state index is 11.5. The van der Waals surface area contributed by atoms with Crippen molar-refractivity contribution in [2.24, 2.45) is 11.8 Å². The number of hydrazine groups is 1. The van der Waals surface area contributed by atoms with Gasteiger partial charge in [0, 0.05) is 25.9 Å². The van der Waals surface area contributed by atoms with Crippen LogP contribution in [0.1, 0.15) is 19.8 Å². The van der Waals surface area contributed by atoms with Gasteiger partial charge in [-0.15, -0.1) is 0 Å². The zero-order valence-corrected chi connectivity index (χ0v) is 9.98. The van der Waals surface area contributed by atoms with Gasteiger partial charge in [-0.3, -0.25) is 25.3 Å². The molecule has 2 aliphatic rings. The van der Waals surface area contributed by atoms with Gasteiger partial charge in [-0.2, -0.15) is 0 Å². The van der Waals surface area contributed by atoms with Crippen LogP contribution in [0.15, 0.2) is 0 Å². The number of rotatable bonds is 2. The highest BCUT2D eigenvalue weighted by molar-refractivity contribution is 5.81. The number of nitrogens with one attached hydrogen (secondary N) is 2. The average molecular weight is 241 g/mol. The number of aliphatic hydroxyl groups excluding tert-OH is 1. The molecule has 3 unspecified atom stereocenters. The average Bonchev–Trinajstić information content (AvgIpc) is 2.78. The van der Waals surface area contributed by atoms with Crippen LogP contribution in [0.25, 0.3) is 0 Å². The van der Waals surface area contributed by atoms with Crippen LogP contribution in [-0.4, -0.2) is 47.6 Å². The first-order valence-electron chi connectivity index (χ1n) is 6.02. The first kappa shape index (κ1) is 12.3. The molecule has 0 spiro atoms. The van der Waals surface area contributed by atoms with E-state index in [4.69, 9.17) is 0 Å². The van der Waals surface area contributed by atoms with Gasteiger partial charge in [0.1, 0.15) is 0 Å². The Morgan fingerprint density at radius 1 is 1.29 bits per heavy atom. The number of aliphatic hydroxyl groups is 1. The van der Waals surface area contributed by atoms with Gasteiger partial charge in [0.15, 0.2) is 0 Å². The van der Waals surface area contributed by atoms with Gasteiger partial charge in [0.25, 0.3) is 5.91 Å². The SMILES string of the molecule is CC(=O)NNC(=O)CN1CC2CCC(O)C2C1. The molecule has 3 N–H and O–H groups in total. The van der Waals surface area contributed by atoms with E-state index in [9.17, 15) is 14.7 Å². The summed E-state index contributed by atoms with van der Waals surface area (Å²) in [7, 11) is 0. The molecule has 2 rings (SSSR count). The highest BCUT2D eigenvalue weighted by Crippen LogP contribution is 2.37. The number of nitrogens with zero attached hydrogens (tertiary/aromatic N) is 1. The van der Waals surface area contributed by atoms with E-state index < -0.39 is 0 Å². The summed E-state index contributed by atoms with van der Waals surface area (Å²) in [6, 6.07) is 0. The summed E-state index contributed by atoms with van der Waals surface area (Å²) in [4.78, 5) is 24.1. The second-order valence-corrected chi connectivity index (χ2v) is 4.99. The van der Waals surface area contributed by atoms with Gasteiger partial charge in [-0.05, 0) is 18.8 Å². The largest absolute Gasteiger partial charge is 0.393 e. The minimum Gasteiger partial charge on any atom is -0.393 e. The summed E-state index contributed by atoms with van der Waals surface area (Å²) in [5, 5.41) is 9.74. The van der Waals surface area contributed by atoms with Crippen molar-refractivity contribution in [3.05, 3.63) is 0 Å². The Hall–Kier alpha value is -1.14. The molecule has 17 heavy (non-hydrogen) atoms. The van der Waals surface area contributed by atoms with Crippen molar-refractivity contribution in [1.29, 1.82) is 0 Å². The van der Waals surface area contributed by atoms with Crippen LogP contribution >= 0.6 is 0 Å². The third-order valence-corrected chi connectivity index (χ3v) is 3.64. The zero-order valence-electron chi connectivity index (χ0n) is 9.98. The lowest BCUT2D eigenvalue weighted by Crippen LogP contribution is -2.45. The fraction of sp³-hybridized carbons (Fsp3) is 0.818. The molecule has 1 aliphatic heterocycles. The molecule has 96 valence electrons. The number of amides is 2. The van der Waals surface area contributed by atoms with Gasteiger partial charge >= 0.3 is 0 Å². The number of likely N-dealkylation sites (tertiary alicyclic amines) is 1. The Morgan fingerprint density at radius 2 is 2.06 bits per heavy atom. The molecule has 3 atom stereocenters. The Balaban J connectivity index is 1.74. The molecule has 0 aromatic carbocycles. The smallest absolute Gasteiger partial charge is 0.252 e. The molecule has 2 fully saturated rings. The predicted molar refractivity (Wildman–Crippen MR) is 60.6 cm³/mol. The van der Waals surface area contributed by atoms with Gasteiger partial charge < -0.3 is 5.11 Å². The van der Waals surface area contributed by atoms with E-state index in [1.54, 1.807) is 0 Å². The van der Waals surface area contributed by atoms with Gasteiger partial charge in [-0.1, -0.05) is 0 Å². The van der Waals surface area contributed by atoms with E-state index in [0.717, 1.165) is 25.9 Å². The van der Waals surface area contributed by atoms with Gasteiger partial charge in [0.05, 0.1) is 12.6 Å². The first-order chi connectivity index (χ1) is 8.06. The lowest BCUT2D eigenvalue weighted by molar-refractivity contribution is -0.128. The number of hydrogen-bond acceptors (Lipinski definition) is 4. The van der Waals surface area contributed by atoms with Crippen molar-refractivity contribution >= 4 is 11.8 Å². The molecule has 6 nitrogen and oxygen atoms in total. The summed E-state index contributed by atoms with van der Waals surface area (Å²) in [5.41, 5.74) is 4.61. The van der Waals surface area contributed by atoms with E-state index >= 15 is 0 Å². The number of carbonyl (C=O) groups is 2. The maximum atomic E-state index is 11.5. The van der Waals surface area contributed by atoms with E-state index in [1.165, 1.54) is 6.92 Å². The molecule has 1 aliphatic carbocycles. The van der Waals surface area contributed by atoms with E-state index in [-0.39, 0.29) is 24.5 Å². The van der Waals surface area contributed by atoms with Crippen LogP contribution in [0.2, 0.25) is 0 Å². The lowest BCUT2D eigenvalue weighted by atomic mass is 10.00. The fourth-order valence-electron chi connectivity index (χ4n) is 2.86. The third-order valence-electron chi connectivity index (χ3n) is 3.64. The molecule has 1 saturated carbocycles. The van der Waals surface area contributed by atoms with Gasteiger partial charge in [-0.25, -0.2) is 0 Å². The topological polar surface area (TPSA) is 81.7 Å². The Labute approximate surface area is 100 Å². The highest BCUT2D eigenvalue weighted by atomic mass is 16.3. The first-order valence-corrected chi connectivity index (χ1v) is 6.02. The van der Waals surface area contributed by atoms with Crippen molar-refractivity contribution in [2.45, 2.75) is 25.9 Å². The van der Waals surface area contributed by atoms with E-state index in [2.05, 4.69) is 10.9 Å². The molecular formula is C11H19N3O3. The van der Waals surface area contributed by atoms with Crippen molar-refractivity contribution in [3.63, 3.8) is 0 Å².